The monoisotopic (exact) mass is 338 g/mol. The molecule has 0 aliphatic carbocycles. The lowest BCUT2D eigenvalue weighted by atomic mass is 10.1. The number of carbonyl (C=O) groups is 1. The number of amides is 1. The van der Waals surface area contributed by atoms with Gasteiger partial charge < -0.3 is 4.74 Å². The van der Waals surface area contributed by atoms with E-state index in [1.54, 1.807) is 43.3 Å². The van der Waals surface area contributed by atoms with Crippen LogP contribution in [0.5, 0.6) is 5.75 Å². The van der Waals surface area contributed by atoms with Crippen molar-refractivity contribution in [3.63, 3.8) is 0 Å². The maximum absolute atomic E-state index is 12.2. The number of carbonyl (C=O) groups excluding carboxylic acids is 1. The minimum atomic E-state index is -2.90. The maximum Gasteiger partial charge on any atom is 0.387 e. The molecule has 2 aromatic rings. The molecule has 0 saturated heterocycles. The molecule has 1 N–H and O–H groups in total. The van der Waals surface area contributed by atoms with E-state index in [0.29, 0.717) is 21.9 Å². The third kappa shape index (κ3) is 4.75. The number of benzene rings is 2. The molecule has 0 heterocycles. The lowest BCUT2D eigenvalue weighted by Gasteiger charge is -2.07. The van der Waals surface area contributed by atoms with Gasteiger partial charge in [0.2, 0.25) is 0 Å². The summed E-state index contributed by atoms with van der Waals surface area (Å²) >= 11 is 5.92. The van der Waals surface area contributed by atoms with Gasteiger partial charge in [0.1, 0.15) is 5.75 Å². The second-order valence-corrected chi connectivity index (χ2v) is 4.93. The number of nitrogens with zero attached hydrogens (tertiary/aromatic N) is 1. The van der Waals surface area contributed by atoms with Crippen molar-refractivity contribution in [2.45, 2.75) is 13.5 Å². The maximum atomic E-state index is 12.2. The molecule has 0 aliphatic rings. The molecule has 0 bridgehead atoms. The van der Waals surface area contributed by atoms with Gasteiger partial charge in [-0.15, -0.1) is 0 Å². The van der Waals surface area contributed by atoms with Crippen LogP contribution in [0.1, 0.15) is 22.8 Å². The van der Waals surface area contributed by atoms with E-state index in [2.05, 4.69) is 15.3 Å². The van der Waals surface area contributed by atoms with Crippen molar-refractivity contribution in [3.8, 4) is 5.75 Å². The standard InChI is InChI=1S/C16H13ClF2N2O2/c1-10(11-5-4-6-12(9-11)23-16(18)19)20-21-15(22)13-7-2-3-8-14(13)17/h2-9,16H,1H3,(H,21,22)/b20-10-. The molecule has 0 atom stereocenters. The van der Waals surface area contributed by atoms with Crippen molar-refractivity contribution < 1.29 is 18.3 Å². The van der Waals surface area contributed by atoms with E-state index in [1.807, 2.05) is 0 Å². The fourth-order valence-corrected chi connectivity index (χ4v) is 2.02. The zero-order valence-corrected chi connectivity index (χ0v) is 12.8. The second-order valence-electron chi connectivity index (χ2n) is 4.52. The smallest absolute Gasteiger partial charge is 0.387 e. The lowest BCUT2D eigenvalue weighted by molar-refractivity contribution is -0.0498. The Kier molecular flexibility index (Phi) is 5.65. The van der Waals surface area contributed by atoms with Crippen LogP contribution in [0.15, 0.2) is 53.6 Å². The predicted octanol–water partition coefficient (Wildman–Crippen LogP) is 4.10. The molecule has 0 aromatic heterocycles. The molecule has 0 spiro atoms. The topological polar surface area (TPSA) is 50.7 Å². The minimum Gasteiger partial charge on any atom is -0.435 e. The number of hydrazone groups is 1. The summed E-state index contributed by atoms with van der Waals surface area (Å²) in [5.41, 5.74) is 3.65. The highest BCUT2D eigenvalue weighted by Gasteiger charge is 2.09. The van der Waals surface area contributed by atoms with Gasteiger partial charge in [-0.2, -0.15) is 13.9 Å². The molecule has 120 valence electrons. The Morgan fingerprint density at radius 3 is 2.65 bits per heavy atom. The molecule has 2 rings (SSSR count). The molecule has 0 radical (unpaired) electrons. The Hall–Kier alpha value is -2.47. The summed E-state index contributed by atoms with van der Waals surface area (Å²) in [4.78, 5) is 12.0. The highest BCUT2D eigenvalue weighted by Crippen LogP contribution is 2.17. The molecule has 0 unspecified atom stereocenters. The number of nitrogens with one attached hydrogen (secondary N) is 1. The molecule has 0 fully saturated rings. The van der Waals surface area contributed by atoms with Gasteiger partial charge in [-0.05, 0) is 31.2 Å². The SMILES string of the molecule is C/C(=N/NC(=O)c1ccccc1Cl)c1cccc(OC(F)F)c1. The van der Waals surface area contributed by atoms with Gasteiger partial charge in [0.25, 0.3) is 5.91 Å². The predicted molar refractivity (Wildman–Crippen MR) is 84.2 cm³/mol. The summed E-state index contributed by atoms with van der Waals surface area (Å²) in [5.74, 6) is -0.445. The Balaban J connectivity index is 2.11. The first kappa shape index (κ1) is 16.9. The zero-order valence-electron chi connectivity index (χ0n) is 12.1. The molecule has 1 amide bonds. The molecular formula is C16H13ClF2N2O2. The molecule has 4 nitrogen and oxygen atoms in total. The highest BCUT2D eigenvalue weighted by molar-refractivity contribution is 6.33. The molecule has 23 heavy (non-hydrogen) atoms. The van der Waals surface area contributed by atoms with E-state index in [4.69, 9.17) is 11.6 Å². The van der Waals surface area contributed by atoms with Crippen molar-refractivity contribution in [2.24, 2.45) is 5.10 Å². The van der Waals surface area contributed by atoms with Crippen LogP contribution in [-0.4, -0.2) is 18.2 Å². The fourth-order valence-electron chi connectivity index (χ4n) is 1.80. The van der Waals surface area contributed by atoms with Gasteiger partial charge in [0.05, 0.1) is 16.3 Å². The third-order valence-corrected chi connectivity index (χ3v) is 3.25. The lowest BCUT2D eigenvalue weighted by Crippen LogP contribution is -2.19. The summed E-state index contributed by atoms with van der Waals surface area (Å²) in [6.45, 7) is -1.27. The number of rotatable bonds is 5. The van der Waals surface area contributed by atoms with Crippen molar-refractivity contribution in [1.82, 2.24) is 5.43 Å². The average Bonchev–Trinajstić information content (AvgIpc) is 2.52. The van der Waals surface area contributed by atoms with E-state index >= 15 is 0 Å². The van der Waals surface area contributed by atoms with Crippen LogP contribution in [0.4, 0.5) is 8.78 Å². The summed E-state index contributed by atoms with van der Waals surface area (Å²) < 4.78 is 28.7. The summed E-state index contributed by atoms with van der Waals surface area (Å²) in [6, 6.07) is 12.6. The Labute approximate surface area is 136 Å². The molecule has 2 aromatic carbocycles. The Bertz CT molecular complexity index is 736. The minimum absolute atomic E-state index is 0.0180. The van der Waals surface area contributed by atoms with Crippen molar-refractivity contribution >= 4 is 23.2 Å². The third-order valence-electron chi connectivity index (χ3n) is 2.92. The zero-order chi connectivity index (χ0) is 16.8. The van der Waals surface area contributed by atoms with Gasteiger partial charge in [-0.25, -0.2) is 5.43 Å². The average molecular weight is 339 g/mol. The molecule has 0 saturated carbocycles. The van der Waals surface area contributed by atoms with Gasteiger partial charge in [-0.3, -0.25) is 4.79 Å². The first-order valence-corrected chi connectivity index (χ1v) is 6.99. The Morgan fingerprint density at radius 1 is 1.22 bits per heavy atom. The van der Waals surface area contributed by atoms with E-state index in [0.717, 1.165) is 0 Å². The first-order valence-electron chi connectivity index (χ1n) is 6.62. The van der Waals surface area contributed by atoms with Crippen LogP contribution >= 0.6 is 11.6 Å². The van der Waals surface area contributed by atoms with Crippen LogP contribution in [0.2, 0.25) is 5.02 Å². The van der Waals surface area contributed by atoms with Gasteiger partial charge in [-0.1, -0.05) is 35.9 Å². The fraction of sp³-hybridized carbons (Fsp3) is 0.125. The molecule has 7 heteroatoms. The number of halogens is 3. The quantitative estimate of drug-likeness (QED) is 0.659. The van der Waals surface area contributed by atoms with Gasteiger partial charge in [0, 0.05) is 5.56 Å². The van der Waals surface area contributed by atoms with Crippen molar-refractivity contribution in [3.05, 3.63) is 64.7 Å². The largest absolute Gasteiger partial charge is 0.435 e. The van der Waals surface area contributed by atoms with E-state index < -0.39 is 12.5 Å². The summed E-state index contributed by atoms with van der Waals surface area (Å²) in [6.07, 6.45) is 0. The number of hydrogen-bond donors (Lipinski definition) is 1. The van der Waals surface area contributed by atoms with Crippen LogP contribution in [0, 0.1) is 0 Å². The van der Waals surface area contributed by atoms with Crippen LogP contribution in [0.25, 0.3) is 0 Å². The van der Waals surface area contributed by atoms with Gasteiger partial charge >= 0.3 is 6.61 Å². The van der Waals surface area contributed by atoms with Gasteiger partial charge in [0.15, 0.2) is 0 Å². The van der Waals surface area contributed by atoms with Crippen LogP contribution in [-0.2, 0) is 0 Å². The number of alkyl halides is 2. The normalized spacial score (nSPS) is 11.4. The highest BCUT2D eigenvalue weighted by atomic mass is 35.5. The van der Waals surface area contributed by atoms with Crippen LogP contribution < -0.4 is 10.2 Å². The number of hydrogen-bond acceptors (Lipinski definition) is 3. The Morgan fingerprint density at radius 2 is 1.96 bits per heavy atom. The number of ether oxygens (including phenoxy) is 1. The van der Waals surface area contributed by atoms with Crippen molar-refractivity contribution in [2.75, 3.05) is 0 Å². The summed E-state index contributed by atoms with van der Waals surface area (Å²) in [7, 11) is 0. The molecular weight excluding hydrogens is 326 g/mol. The molecule has 0 aliphatic heterocycles. The van der Waals surface area contributed by atoms with E-state index in [9.17, 15) is 13.6 Å². The van der Waals surface area contributed by atoms with Crippen molar-refractivity contribution in [1.29, 1.82) is 0 Å². The first-order chi connectivity index (χ1) is 11.0. The van der Waals surface area contributed by atoms with E-state index in [-0.39, 0.29) is 5.75 Å². The van der Waals surface area contributed by atoms with Crippen LogP contribution in [0.3, 0.4) is 0 Å². The second kappa shape index (κ2) is 7.69. The summed E-state index contributed by atoms with van der Waals surface area (Å²) in [5, 5.41) is 4.26. The van der Waals surface area contributed by atoms with E-state index in [1.165, 1.54) is 12.1 Å².